The van der Waals surface area contributed by atoms with Crippen LogP contribution in [-0.4, -0.2) is 25.2 Å². The van der Waals surface area contributed by atoms with Gasteiger partial charge in [0.1, 0.15) is 5.70 Å². The number of rotatable bonds is 5. The number of hydrogen-bond acceptors (Lipinski definition) is 3. The third-order valence-corrected chi connectivity index (χ3v) is 2.60. The third kappa shape index (κ3) is 4.49. The SMILES string of the molecule is CCOC(=O)/C(NC=O)=C(\c1ccc(Cl)cc1)C(F)(F)F. The summed E-state index contributed by atoms with van der Waals surface area (Å²) >= 11 is 5.62. The molecule has 0 aromatic heterocycles. The van der Waals surface area contributed by atoms with E-state index in [1.165, 1.54) is 19.1 Å². The molecule has 8 heteroatoms. The number of esters is 1. The first-order valence-corrected chi connectivity index (χ1v) is 6.13. The van der Waals surface area contributed by atoms with Gasteiger partial charge in [0, 0.05) is 5.02 Å². The Morgan fingerprint density at radius 2 is 1.90 bits per heavy atom. The molecule has 1 amide bonds. The van der Waals surface area contributed by atoms with E-state index >= 15 is 0 Å². The summed E-state index contributed by atoms with van der Waals surface area (Å²) in [5.74, 6) is -1.27. The number of allylic oxidation sites excluding steroid dienone is 1. The van der Waals surface area contributed by atoms with Crippen LogP contribution in [0.3, 0.4) is 0 Å². The molecule has 0 radical (unpaired) electrons. The van der Waals surface area contributed by atoms with E-state index in [2.05, 4.69) is 4.74 Å². The van der Waals surface area contributed by atoms with Crippen LogP contribution in [0.2, 0.25) is 5.02 Å². The van der Waals surface area contributed by atoms with Gasteiger partial charge >= 0.3 is 12.1 Å². The summed E-state index contributed by atoms with van der Waals surface area (Å²) in [5, 5.41) is 2.00. The zero-order chi connectivity index (χ0) is 16.0. The number of alkyl halides is 3. The smallest absolute Gasteiger partial charge is 0.419 e. The highest BCUT2D eigenvalue weighted by Crippen LogP contribution is 2.36. The van der Waals surface area contributed by atoms with Gasteiger partial charge in [-0.15, -0.1) is 0 Å². The number of carbonyl (C=O) groups is 2. The molecular weight excluding hydrogens is 311 g/mol. The molecule has 0 bridgehead atoms. The minimum absolute atomic E-state index is 0.0199. The molecule has 0 aliphatic carbocycles. The van der Waals surface area contributed by atoms with Gasteiger partial charge in [-0.3, -0.25) is 4.79 Å². The first-order chi connectivity index (χ1) is 9.81. The lowest BCUT2D eigenvalue weighted by Gasteiger charge is -2.16. The summed E-state index contributed by atoms with van der Waals surface area (Å²) < 4.78 is 44.2. The first-order valence-electron chi connectivity index (χ1n) is 5.76. The summed E-state index contributed by atoms with van der Waals surface area (Å²) in [7, 11) is 0. The molecule has 4 nitrogen and oxygen atoms in total. The summed E-state index contributed by atoms with van der Waals surface area (Å²) in [6.45, 7) is 1.31. The van der Waals surface area contributed by atoms with Crippen molar-refractivity contribution in [3.63, 3.8) is 0 Å². The molecule has 0 heterocycles. The van der Waals surface area contributed by atoms with Crippen LogP contribution in [-0.2, 0) is 14.3 Å². The Labute approximate surface area is 123 Å². The molecular formula is C13H11ClF3NO3. The van der Waals surface area contributed by atoms with Crippen LogP contribution in [0.25, 0.3) is 5.57 Å². The molecule has 1 aromatic carbocycles. The molecule has 0 aliphatic rings. The molecule has 21 heavy (non-hydrogen) atoms. The fourth-order valence-corrected chi connectivity index (χ4v) is 1.69. The number of carbonyl (C=O) groups excluding carboxylic acids is 2. The van der Waals surface area contributed by atoms with Crippen molar-refractivity contribution in [3.8, 4) is 0 Å². The van der Waals surface area contributed by atoms with Gasteiger partial charge in [-0.05, 0) is 24.6 Å². The predicted molar refractivity (Wildman–Crippen MR) is 70.3 cm³/mol. The molecule has 1 N–H and O–H groups in total. The highest BCUT2D eigenvalue weighted by atomic mass is 35.5. The highest BCUT2D eigenvalue weighted by molar-refractivity contribution is 6.30. The van der Waals surface area contributed by atoms with Gasteiger partial charge in [0.2, 0.25) is 6.41 Å². The molecule has 1 aromatic rings. The number of nitrogens with one attached hydrogen (secondary N) is 1. The van der Waals surface area contributed by atoms with E-state index in [9.17, 15) is 22.8 Å². The lowest BCUT2D eigenvalue weighted by atomic mass is 10.0. The minimum atomic E-state index is -4.87. The van der Waals surface area contributed by atoms with Gasteiger partial charge < -0.3 is 10.1 Å². The Morgan fingerprint density at radius 3 is 2.33 bits per heavy atom. The molecule has 0 spiro atoms. The predicted octanol–water partition coefficient (Wildman–Crippen LogP) is 2.92. The van der Waals surface area contributed by atoms with Crippen LogP contribution in [0, 0.1) is 0 Å². The van der Waals surface area contributed by atoms with Crippen LogP contribution in [0.5, 0.6) is 0 Å². The minimum Gasteiger partial charge on any atom is -0.461 e. The van der Waals surface area contributed by atoms with Gasteiger partial charge in [0.05, 0.1) is 12.2 Å². The van der Waals surface area contributed by atoms with E-state index in [1.807, 2.05) is 0 Å². The normalized spacial score (nSPS) is 12.4. The fraction of sp³-hybridized carbons (Fsp3) is 0.231. The van der Waals surface area contributed by atoms with Crippen molar-refractivity contribution in [3.05, 3.63) is 40.5 Å². The summed E-state index contributed by atoms with van der Waals surface area (Å²) in [6, 6.07) is 4.67. The average molecular weight is 322 g/mol. The van der Waals surface area contributed by atoms with Crippen LogP contribution < -0.4 is 5.32 Å². The Balaban J connectivity index is 3.50. The van der Waals surface area contributed by atoms with Gasteiger partial charge in [0.25, 0.3) is 0 Å². The number of amides is 1. The monoisotopic (exact) mass is 321 g/mol. The Bertz CT molecular complexity index is 553. The number of benzene rings is 1. The average Bonchev–Trinajstić information content (AvgIpc) is 2.39. The maximum atomic E-state index is 13.2. The van der Waals surface area contributed by atoms with E-state index in [0.29, 0.717) is 0 Å². The molecule has 0 saturated carbocycles. The number of hydrogen-bond donors (Lipinski definition) is 1. The van der Waals surface area contributed by atoms with Crippen LogP contribution in [0.1, 0.15) is 12.5 Å². The third-order valence-electron chi connectivity index (χ3n) is 2.35. The highest BCUT2D eigenvalue weighted by Gasteiger charge is 2.39. The number of ether oxygens (including phenoxy) is 1. The van der Waals surface area contributed by atoms with Gasteiger partial charge in [-0.25, -0.2) is 4.79 Å². The van der Waals surface area contributed by atoms with Crippen LogP contribution >= 0.6 is 11.6 Å². The second kappa shape index (κ2) is 7.12. The second-order valence-corrected chi connectivity index (χ2v) is 4.17. The Hall–Kier alpha value is -2.02. The van der Waals surface area contributed by atoms with E-state index in [4.69, 9.17) is 11.6 Å². The molecule has 0 atom stereocenters. The molecule has 114 valence electrons. The van der Waals surface area contributed by atoms with Crippen molar-refractivity contribution in [1.29, 1.82) is 0 Å². The lowest BCUT2D eigenvalue weighted by Crippen LogP contribution is -2.27. The van der Waals surface area contributed by atoms with E-state index in [-0.39, 0.29) is 23.6 Å². The van der Waals surface area contributed by atoms with Gasteiger partial charge in [-0.2, -0.15) is 13.2 Å². The maximum absolute atomic E-state index is 13.2. The van der Waals surface area contributed by atoms with E-state index in [0.717, 1.165) is 12.1 Å². The van der Waals surface area contributed by atoms with E-state index in [1.54, 1.807) is 5.32 Å². The van der Waals surface area contributed by atoms with Gasteiger partial charge in [0.15, 0.2) is 0 Å². The van der Waals surface area contributed by atoms with Crippen molar-refractivity contribution in [1.82, 2.24) is 5.32 Å². The first kappa shape index (κ1) is 17.0. The summed E-state index contributed by atoms with van der Waals surface area (Å²) in [5.41, 5.74) is -2.59. The molecule has 0 unspecified atom stereocenters. The largest absolute Gasteiger partial charge is 0.461 e. The maximum Gasteiger partial charge on any atom is 0.419 e. The standard InChI is InChI=1S/C13H11ClF3NO3/c1-2-21-12(20)11(18-7-19)10(13(15,16)17)8-3-5-9(14)6-4-8/h3-7H,2H2,1H3,(H,18,19)/b11-10-. The zero-order valence-corrected chi connectivity index (χ0v) is 11.6. The summed E-state index contributed by atoms with van der Waals surface area (Å²) in [4.78, 5) is 22.1. The lowest BCUT2D eigenvalue weighted by molar-refractivity contribution is -0.140. The number of halogens is 4. The fourth-order valence-electron chi connectivity index (χ4n) is 1.56. The second-order valence-electron chi connectivity index (χ2n) is 3.74. The van der Waals surface area contributed by atoms with Crippen molar-refractivity contribution < 1.29 is 27.5 Å². The molecule has 0 saturated heterocycles. The zero-order valence-electron chi connectivity index (χ0n) is 10.8. The Morgan fingerprint density at radius 1 is 1.33 bits per heavy atom. The van der Waals surface area contributed by atoms with Crippen molar-refractivity contribution in [2.45, 2.75) is 13.1 Å². The van der Waals surface area contributed by atoms with Crippen molar-refractivity contribution in [2.75, 3.05) is 6.61 Å². The Kier molecular flexibility index (Phi) is 5.78. The van der Waals surface area contributed by atoms with E-state index < -0.39 is 23.4 Å². The van der Waals surface area contributed by atoms with Crippen molar-refractivity contribution >= 4 is 29.6 Å². The van der Waals surface area contributed by atoms with Crippen LogP contribution in [0.4, 0.5) is 13.2 Å². The quantitative estimate of drug-likeness (QED) is 0.515. The van der Waals surface area contributed by atoms with Gasteiger partial charge in [-0.1, -0.05) is 23.7 Å². The summed E-state index contributed by atoms with van der Waals surface area (Å²) in [6.07, 6.45) is -4.89. The topological polar surface area (TPSA) is 55.4 Å². The molecule has 0 fully saturated rings. The molecule has 0 aliphatic heterocycles. The van der Waals surface area contributed by atoms with Crippen LogP contribution in [0.15, 0.2) is 30.0 Å². The molecule has 1 rings (SSSR count). The van der Waals surface area contributed by atoms with Crippen molar-refractivity contribution in [2.24, 2.45) is 0 Å².